The summed E-state index contributed by atoms with van der Waals surface area (Å²) in [5.41, 5.74) is 1.03. The number of carbonyl (C=O) groups is 1. The molecule has 7 heteroatoms. The molecule has 0 aliphatic heterocycles. The summed E-state index contributed by atoms with van der Waals surface area (Å²) in [5, 5.41) is 3.75. The maximum Gasteiger partial charge on any atom is 0.244 e. The van der Waals surface area contributed by atoms with Crippen LogP contribution in [0.15, 0.2) is 53.5 Å². The lowest BCUT2D eigenvalue weighted by molar-refractivity contribution is -0.116. The van der Waals surface area contributed by atoms with Crippen molar-refractivity contribution in [1.29, 1.82) is 0 Å². The number of benzene rings is 2. The van der Waals surface area contributed by atoms with E-state index < -0.39 is 0 Å². The number of methoxy groups -OCH3 is 2. The first-order chi connectivity index (χ1) is 12.5. The van der Waals surface area contributed by atoms with Crippen LogP contribution in [0, 0.1) is 0 Å². The molecule has 0 spiro atoms. The Balaban J connectivity index is 1.86. The normalized spacial score (nSPS) is 10.6. The Kier molecular flexibility index (Phi) is 5.14. The number of aromatic nitrogens is 1. The van der Waals surface area contributed by atoms with Gasteiger partial charge in [-0.2, -0.15) is 0 Å². The van der Waals surface area contributed by atoms with Crippen molar-refractivity contribution in [3.05, 3.63) is 63.9 Å². The molecule has 0 saturated carbocycles. The van der Waals surface area contributed by atoms with E-state index in [1.54, 1.807) is 54.3 Å². The molecule has 1 aromatic heterocycles. The van der Waals surface area contributed by atoms with E-state index in [9.17, 15) is 9.59 Å². The third kappa shape index (κ3) is 3.65. The maximum atomic E-state index is 12.5. The van der Waals surface area contributed by atoms with Gasteiger partial charge in [0.1, 0.15) is 18.0 Å². The van der Waals surface area contributed by atoms with Crippen LogP contribution in [0.25, 0.3) is 10.9 Å². The predicted molar refractivity (Wildman–Crippen MR) is 101 cm³/mol. The Morgan fingerprint density at radius 2 is 1.92 bits per heavy atom. The molecule has 134 valence electrons. The lowest BCUT2D eigenvalue weighted by Gasteiger charge is -2.14. The molecule has 1 amide bonds. The number of hydrogen-bond acceptors (Lipinski definition) is 4. The van der Waals surface area contributed by atoms with Crippen molar-refractivity contribution in [2.45, 2.75) is 6.54 Å². The Labute approximate surface area is 154 Å². The third-order valence-electron chi connectivity index (χ3n) is 3.94. The van der Waals surface area contributed by atoms with Gasteiger partial charge < -0.3 is 19.4 Å². The summed E-state index contributed by atoms with van der Waals surface area (Å²) in [6.07, 6.45) is 1.59. The highest BCUT2D eigenvalue weighted by atomic mass is 35.5. The molecule has 0 fully saturated rings. The molecule has 3 rings (SSSR count). The van der Waals surface area contributed by atoms with Crippen LogP contribution >= 0.6 is 11.6 Å². The number of hydrogen-bond donors (Lipinski definition) is 1. The fraction of sp³-hybridized carbons (Fsp3) is 0.158. The number of nitrogens with one attached hydrogen (secondary N) is 1. The van der Waals surface area contributed by atoms with E-state index in [0.717, 1.165) is 0 Å². The molecule has 6 nitrogen and oxygen atoms in total. The minimum absolute atomic E-state index is 0.0353. The number of carbonyl (C=O) groups excluding carboxylic acids is 1. The Hall–Kier alpha value is -2.99. The molecule has 0 radical (unpaired) electrons. The monoisotopic (exact) mass is 372 g/mol. The molecule has 0 aliphatic carbocycles. The second kappa shape index (κ2) is 7.49. The fourth-order valence-corrected chi connectivity index (χ4v) is 2.84. The molecule has 1 heterocycles. The van der Waals surface area contributed by atoms with E-state index in [4.69, 9.17) is 21.1 Å². The van der Waals surface area contributed by atoms with E-state index in [-0.39, 0.29) is 17.9 Å². The number of nitrogens with zero attached hydrogens (tertiary/aromatic N) is 1. The maximum absolute atomic E-state index is 12.5. The van der Waals surface area contributed by atoms with Gasteiger partial charge in [-0.15, -0.1) is 0 Å². The van der Waals surface area contributed by atoms with Gasteiger partial charge in [0.25, 0.3) is 0 Å². The van der Waals surface area contributed by atoms with Gasteiger partial charge >= 0.3 is 0 Å². The highest BCUT2D eigenvalue weighted by molar-refractivity contribution is 6.31. The second-order valence-electron chi connectivity index (χ2n) is 5.58. The molecule has 1 N–H and O–H groups in total. The number of halogens is 1. The van der Waals surface area contributed by atoms with E-state index in [1.165, 1.54) is 13.2 Å². The summed E-state index contributed by atoms with van der Waals surface area (Å²) in [6, 6.07) is 11.5. The highest BCUT2D eigenvalue weighted by Gasteiger charge is 2.11. The summed E-state index contributed by atoms with van der Waals surface area (Å²) in [6.45, 7) is 0.0353. The van der Waals surface area contributed by atoms with Crippen LogP contribution in [0.5, 0.6) is 11.5 Å². The lowest BCUT2D eigenvalue weighted by Crippen LogP contribution is -2.20. The fourth-order valence-electron chi connectivity index (χ4n) is 2.67. The van der Waals surface area contributed by atoms with Gasteiger partial charge in [-0.3, -0.25) is 9.59 Å². The van der Waals surface area contributed by atoms with Crippen molar-refractivity contribution in [1.82, 2.24) is 4.57 Å². The molecule has 0 unspecified atom stereocenters. The molecule has 26 heavy (non-hydrogen) atoms. The van der Waals surface area contributed by atoms with Gasteiger partial charge in [-0.05, 0) is 30.3 Å². The summed E-state index contributed by atoms with van der Waals surface area (Å²) in [7, 11) is 3.07. The van der Waals surface area contributed by atoms with Gasteiger partial charge in [0.05, 0.1) is 25.4 Å². The number of anilines is 1. The zero-order chi connectivity index (χ0) is 18.7. The smallest absolute Gasteiger partial charge is 0.244 e. The summed E-state index contributed by atoms with van der Waals surface area (Å²) >= 11 is 5.96. The van der Waals surface area contributed by atoms with Crippen LogP contribution in [-0.2, 0) is 11.3 Å². The minimum atomic E-state index is -0.256. The zero-order valence-corrected chi connectivity index (χ0v) is 15.0. The van der Waals surface area contributed by atoms with Crippen molar-refractivity contribution >= 4 is 34.1 Å². The summed E-state index contributed by atoms with van der Waals surface area (Å²) in [5.74, 6) is 0.866. The standard InChI is InChI=1S/C19H17ClN2O4/c1-25-13-4-5-15(18(10-13)26-2)21-19(24)11-22-8-7-17(23)14-9-12(20)3-6-16(14)22/h3-10H,11H2,1-2H3,(H,21,24). The van der Waals surface area contributed by atoms with Crippen LogP contribution in [-0.4, -0.2) is 24.7 Å². The molecule has 0 saturated heterocycles. The summed E-state index contributed by atoms with van der Waals surface area (Å²) < 4.78 is 12.1. The van der Waals surface area contributed by atoms with Crippen LogP contribution < -0.4 is 20.2 Å². The first-order valence-electron chi connectivity index (χ1n) is 7.82. The van der Waals surface area contributed by atoms with Crippen LogP contribution in [0.1, 0.15) is 0 Å². The summed E-state index contributed by atoms with van der Waals surface area (Å²) in [4.78, 5) is 24.5. The molecule has 0 atom stereocenters. The lowest BCUT2D eigenvalue weighted by atomic mass is 10.2. The SMILES string of the molecule is COc1ccc(NC(=O)Cn2ccc(=O)c3cc(Cl)ccc32)c(OC)c1. The molecule has 2 aromatic carbocycles. The van der Waals surface area contributed by atoms with Crippen molar-refractivity contribution in [2.24, 2.45) is 0 Å². The topological polar surface area (TPSA) is 69.6 Å². The number of fused-ring (bicyclic) bond motifs is 1. The molecule has 3 aromatic rings. The third-order valence-corrected chi connectivity index (χ3v) is 4.17. The Bertz CT molecular complexity index is 1030. The van der Waals surface area contributed by atoms with Crippen molar-refractivity contribution in [3.8, 4) is 11.5 Å². The van der Waals surface area contributed by atoms with Gasteiger partial charge in [0, 0.05) is 28.7 Å². The first kappa shape index (κ1) is 17.8. The molecular weight excluding hydrogens is 356 g/mol. The zero-order valence-electron chi connectivity index (χ0n) is 14.3. The average molecular weight is 373 g/mol. The highest BCUT2D eigenvalue weighted by Crippen LogP contribution is 2.29. The van der Waals surface area contributed by atoms with Gasteiger partial charge in [-0.1, -0.05) is 11.6 Å². The van der Waals surface area contributed by atoms with Crippen molar-refractivity contribution in [2.75, 3.05) is 19.5 Å². The molecule has 0 aliphatic rings. The van der Waals surface area contributed by atoms with Gasteiger partial charge in [0.2, 0.25) is 5.91 Å². The number of amides is 1. The molecule has 0 bridgehead atoms. The van der Waals surface area contributed by atoms with Gasteiger partial charge in [0.15, 0.2) is 5.43 Å². The number of ether oxygens (including phenoxy) is 2. The van der Waals surface area contributed by atoms with Crippen molar-refractivity contribution < 1.29 is 14.3 Å². The quantitative estimate of drug-likeness (QED) is 0.746. The van der Waals surface area contributed by atoms with E-state index in [1.807, 2.05) is 0 Å². The Morgan fingerprint density at radius 1 is 1.12 bits per heavy atom. The van der Waals surface area contributed by atoms with E-state index in [0.29, 0.717) is 33.1 Å². The minimum Gasteiger partial charge on any atom is -0.497 e. The Morgan fingerprint density at radius 3 is 2.65 bits per heavy atom. The van der Waals surface area contributed by atoms with Crippen LogP contribution in [0.4, 0.5) is 5.69 Å². The van der Waals surface area contributed by atoms with Gasteiger partial charge in [-0.25, -0.2) is 0 Å². The predicted octanol–water partition coefficient (Wildman–Crippen LogP) is 3.31. The van der Waals surface area contributed by atoms with Crippen LogP contribution in [0.2, 0.25) is 5.02 Å². The number of pyridine rings is 1. The first-order valence-corrected chi connectivity index (χ1v) is 8.20. The van der Waals surface area contributed by atoms with Crippen molar-refractivity contribution in [3.63, 3.8) is 0 Å². The number of rotatable bonds is 5. The van der Waals surface area contributed by atoms with E-state index >= 15 is 0 Å². The average Bonchev–Trinajstić information content (AvgIpc) is 2.64. The largest absolute Gasteiger partial charge is 0.497 e. The van der Waals surface area contributed by atoms with E-state index in [2.05, 4.69) is 5.32 Å². The molecular formula is C19H17ClN2O4. The van der Waals surface area contributed by atoms with Crippen LogP contribution in [0.3, 0.4) is 0 Å². The second-order valence-corrected chi connectivity index (χ2v) is 6.02.